The SMILES string of the molecule is Cc1cccc(CN2CCC(N3CCC[C@@H](C(=O)NCc4cccnc4)C3)CC2)n1. The number of carbonyl (C=O) groups is 1. The van der Waals surface area contributed by atoms with Gasteiger partial charge in [0.2, 0.25) is 5.91 Å². The third-order valence-corrected chi connectivity index (χ3v) is 6.42. The fraction of sp³-hybridized carbons (Fsp3) is 0.542. The Morgan fingerprint density at radius 3 is 2.77 bits per heavy atom. The number of hydrogen-bond acceptors (Lipinski definition) is 5. The van der Waals surface area contributed by atoms with Crippen LogP contribution in [0.15, 0.2) is 42.7 Å². The van der Waals surface area contributed by atoms with Gasteiger partial charge in [0.1, 0.15) is 0 Å². The molecular weight excluding hydrogens is 374 g/mol. The first-order chi connectivity index (χ1) is 14.7. The highest BCUT2D eigenvalue weighted by atomic mass is 16.1. The number of nitrogens with one attached hydrogen (secondary N) is 1. The molecule has 0 saturated carbocycles. The largest absolute Gasteiger partial charge is 0.352 e. The van der Waals surface area contributed by atoms with Crippen LogP contribution < -0.4 is 5.32 Å². The van der Waals surface area contributed by atoms with E-state index >= 15 is 0 Å². The monoisotopic (exact) mass is 407 g/mol. The molecule has 4 rings (SSSR count). The summed E-state index contributed by atoms with van der Waals surface area (Å²) in [4.78, 5) is 26.6. The number of rotatable bonds is 6. The fourth-order valence-corrected chi connectivity index (χ4v) is 4.75. The highest BCUT2D eigenvalue weighted by molar-refractivity contribution is 5.78. The molecule has 0 bridgehead atoms. The van der Waals surface area contributed by atoms with Crippen LogP contribution in [0.4, 0.5) is 0 Å². The zero-order valence-electron chi connectivity index (χ0n) is 18.0. The maximum atomic E-state index is 12.7. The normalized spacial score (nSPS) is 21.4. The second kappa shape index (κ2) is 10.1. The van der Waals surface area contributed by atoms with E-state index in [1.54, 1.807) is 6.20 Å². The van der Waals surface area contributed by atoms with Crippen molar-refractivity contribution in [2.75, 3.05) is 26.2 Å². The van der Waals surface area contributed by atoms with Crippen LogP contribution in [-0.4, -0.2) is 57.9 Å². The van der Waals surface area contributed by atoms with Crippen LogP contribution in [0, 0.1) is 12.8 Å². The smallest absolute Gasteiger partial charge is 0.224 e. The van der Waals surface area contributed by atoms with E-state index in [9.17, 15) is 4.79 Å². The number of hydrogen-bond donors (Lipinski definition) is 1. The number of pyridine rings is 2. The molecule has 1 N–H and O–H groups in total. The van der Waals surface area contributed by atoms with Gasteiger partial charge in [-0.25, -0.2) is 0 Å². The number of amides is 1. The van der Waals surface area contributed by atoms with E-state index in [-0.39, 0.29) is 11.8 Å². The first-order valence-corrected chi connectivity index (χ1v) is 11.2. The van der Waals surface area contributed by atoms with Crippen molar-refractivity contribution in [1.82, 2.24) is 25.1 Å². The Morgan fingerprint density at radius 1 is 1.13 bits per heavy atom. The minimum Gasteiger partial charge on any atom is -0.352 e. The number of carbonyl (C=O) groups excluding carboxylic acids is 1. The van der Waals surface area contributed by atoms with Gasteiger partial charge in [-0.05, 0) is 62.9 Å². The van der Waals surface area contributed by atoms with E-state index in [2.05, 4.69) is 50.2 Å². The maximum absolute atomic E-state index is 12.7. The van der Waals surface area contributed by atoms with Crippen molar-refractivity contribution in [2.45, 2.75) is 51.7 Å². The molecule has 0 aromatic carbocycles. The Bertz CT molecular complexity index is 819. The second-order valence-corrected chi connectivity index (χ2v) is 8.69. The molecular formula is C24H33N5O. The van der Waals surface area contributed by atoms with Crippen LogP contribution in [0.5, 0.6) is 0 Å². The standard InChI is InChI=1S/C24H33N5O/c1-19-5-2-8-22(27-19)18-28-13-9-23(10-14-28)29-12-4-7-21(17-29)24(30)26-16-20-6-3-11-25-15-20/h2-3,5-6,8,11,15,21,23H,4,7,9-10,12-14,16-18H2,1H3,(H,26,30)/t21-/m1/s1. The summed E-state index contributed by atoms with van der Waals surface area (Å²) in [5.74, 6) is 0.288. The van der Waals surface area contributed by atoms with E-state index in [1.165, 1.54) is 12.8 Å². The lowest BCUT2D eigenvalue weighted by molar-refractivity contribution is -0.127. The van der Waals surface area contributed by atoms with Gasteiger partial charge in [0, 0.05) is 56.9 Å². The Hall–Kier alpha value is -2.31. The summed E-state index contributed by atoms with van der Waals surface area (Å²) in [5, 5.41) is 3.11. The average molecular weight is 408 g/mol. The lowest BCUT2D eigenvalue weighted by Crippen LogP contribution is -2.50. The number of nitrogens with zero attached hydrogens (tertiary/aromatic N) is 4. The molecule has 0 unspecified atom stereocenters. The van der Waals surface area contributed by atoms with Crippen LogP contribution in [0.3, 0.4) is 0 Å². The Balaban J connectivity index is 1.23. The number of piperidine rings is 2. The van der Waals surface area contributed by atoms with Gasteiger partial charge >= 0.3 is 0 Å². The molecule has 2 aliphatic heterocycles. The molecule has 1 amide bonds. The van der Waals surface area contributed by atoms with E-state index in [1.807, 2.05) is 18.3 Å². The van der Waals surface area contributed by atoms with Crippen LogP contribution in [-0.2, 0) is 17.9 Å². The third kappa shape index (κ3) is 5.64. The second-order valence-electron chi connectivity index (χ2n) is 8.69. The summed E-state index contributed by atoms with van der Waals surface area (Å²) in [7, 11) is 0. The molecule has 6 nitrogen and oxygen atoms in total. The van der Waals surface area contributed by atoms with Crippen LogP contribution in [0.25, 0.3) is 0 Å². The maximum Gasteiger partial charge on any atom is 0.224 e. The molecule has 0 radical (unpaired) electrons. The quantitative estimate of drug-likeness (QED) is 0.798. The van der Waals surface area contributed by atoms with E-state index in [0.717, 1.165) is 62.5 Å². The Labute approximate surface area is 179 Å². The van der Waals surface area contributed by atoms with E-state index in [0.29, 0.717) is 12.6 Å². The van der Waals surface area contributed by atoms with Gasteiger partial charge in [0.05, 0.1) is 11.6 Å². The predicted molar refractivity (Wildman–Crippen MR) is 118 cm³/mol. The van der Waals surface area contributed by atoms with Gasteiger partial charge in [-0.15, -0.1) is 0 Å². The molecule has 0 spiro atoms. The molecule has 6 heteroatoms. The van der Waals surface area contributed by atoms with Crippen molar-refractivity contribution in [3.63, 3.8) is 0 Å². The molecule has 1 atom stereocenters. The van der Waals surface area contributed by atoms with Crippen molar-refractivity contribution in [1.29, 1.82) is 0 Å². The first-order valence-electron chi connectivity index (χ1n) is 11.2. The minimum absolute atomic E-state index is 0.102. The van der Waals surface area contributed by atoms with Gasteiger partial charge in [-0.1, -0.05) is 12.1 Å². The molecule has 2 aromatic rings. The Kier molecular flexibility index (Phi) is 7.07. The van der Waals surface area contributed by atoms with Crippen molar-refractivity contribution in [2.24, 2.45) is 5.92 Å². The highest BCUT2D eigenvalue weighted by Gasteiger charge is 2.31. The van der Waals surface area contributed by atoms with Crippen molar-refractivity contribution >= 4 is 5.91 Å². The van der Waals surface area contributed by atoms with Gasteiger partial charge in [0.25, 0.3) is 0 Å². The van der Waals surface area contributed by atoms with Gasteiger partial charge < -0.3 is 5.32 Å². The molecule has 160 valence electrons. The van der Waals surface area contributed by atoms with Gasteiger partial charge in [-0.3, -0.25) is 24.6 Å². The number of aromatic nitrogens is 2. The number of aryl methyl sites for hydroxylation is 1. The average Bonchev–Trinajstić information content (AvgIpc) is 2.79. The summed E-state index contributed by atoms with van der Waals surface area (Å²) >= 11 is 0. The Morgan fingerprint density at radius 2 is 2.00 bits per heavy atom. The molecule has 2 aliphatic rings. The van der Waals surface area contributed by atoms with E-state index in [4.69, 9.17) is 0 Å². The van der Waals surface area contributed by atoms with Gasteiger partial charge in [-0.2, -0.15) is 0 Å². The summed E-state index contributed by atoms with van der Waals surface area (Å²) < 4.78 is 0. The summed E-state index contributed by atoms with van der Waals surface area (Å²) in [6.45, 7) is 7.78. The zero-order chi connectivity index (χ0) is 20.8. The van der Waals surface area contributed by atoms with Crippen LogP contribution in [0.1, 0.15) is 42.6 Å². The molecule has 2 fully saturated rings. The molecule has 30 heavy (non-hydrogen) atoms. The predicted octanol–water partition coefficient (Wildman–Crippen LogP) is 2.78. The van der Waals surface area contributed by atoms with Crippen molar-refractivity contribution in [3.8, 4) is 0 Å². The lowest BCUT2D eigenvalue weighted by atomic mass is 9.93. The van der Waals surface area contributed by atoms with Crippen molar-refractivity contribution < 1.29 is 4.79 Å². The molecule has 0 aliphatic carbocycles. The first kappa shape index (κ1) is 20.9. The molecule has 4 heterocycles. The van der Waals surface area contributed by atoms with Crippen LogP contribution in [0.2, 0.25) is 0 Å². The molecule has 2 saturated heterocycles. The minimum atomic E-state index is 0.102. The summed E-state index contributed by atoms with van der Waals surface area (Å²) in [6.07, 6.45) is 8.03. The fourth-order valence-electron chi connectivity index (χ4n) is 4.75. The highest BCUT2D eigenvalue weighted by Crippen LogP contribution is 2.24. The summed E-state index contributed by atoms with van der Waals surface area (Å²) in [5.41, 5.74) is 3.30. The lowest BCUT2D eigenvalue weighted by Gasteiger charge is -2.42. The van der Waals surface area contributed by atoms with E-state index < -0.39 is 0 Å². The van der Waals surface area contributed by atoms with Crippen molar-refractivity contribution in [3.05, 3.63) is 59.7 Å². The topological polar surface area (TPSA) is 61.4 Å². The number of likely N-dealkylation sites (tertiary alicyclic amines) is 2. The van der Waals surface area contributed by atoms with Gasteiger partial charge in [0.15, 0.2) is 0 Å². The molecule has 2 aromatic heterocycles. The third-order valence-electron chi connectivity index (χ3n) is 6.42. The summed E-state index contributed by atoms with van der Waals surface area (Å²) in [6, 6.07) is 10.8. The zero-order valence-corrected chi connectivity index (χ0v) is 18.0. The van der Waals surface area contributed by atoms with Crippen LogP contribution >= 0.6 is 0 Å².